The number of carbonyl (C=O) groups is 2. The van der Waals surface area contributed by atoms with Crippen LogP contribution in [-0.2, 0) is 32.7 Å². The van der Waals surface area contributed by atoms with Crippen molar-refractivity contribution in [3.63, 3.8) is 0 Å². The number of aliphatic hydroxyl groups excluding tert-OH is 2. The van der Waals surface area contributed by atoms with Crippen LogP contribution in [0.15, 0.2) is 72.9 Å². The zero-order valence-corrected chi connectivity index (χ0v) is 36.2. The number of hydrogen-bond donors (Lipinski definition) is 2. The number of nitrogens with zero attached hydrogens (tertiary/aromatic N) is 1. The Labute approximate surface area is 339 Å². The topological polar surface area (TPSA) is 152 Å². The minimum absolute atomic E-state index is 0.0664. The van der Waals surface area contributed by atoms with Crippen LogP contribution in [-0.4, -0.2) is 92.5 Å². The summed E-state index contributed by atoms with van der Waals surface area (Å²) in [4.78, 5) is 37.4. The van der Waals surface area contributed by atoms with Gasteiger partial charge in [-0.3, -0.25) is 14.2 Å². The van der Waals surface area contributed by atoms with E-state index in [1.165, 1.54) is 44.9 Å². The third kappa shape index (κ3) is 38.3. The van der Waals surface area contributed by atoms with E-state index in [0.29, 0.717) is 43.1 Å². The maximum atomic E-state index is 12.6. The molecule has 0 aliphatic heterocycles. The van der Waals surface area contributed by atoms with Crippen molar-refractivity contribution in [3.8, 4) is 0 Å². The number of likely N-dealkylation sites (N-methyl/N-ethyl adjacent to an activating group) is 1. The van der Waals surface area contributed by atoms with Crippen molar-refractivity contribution in [1.82, 2.24) is 0 Å². The van der Waals surface area contributed by atoms with Crippen LogP contribution in [0.25, 0.3) is 0 Å². The van der Waals surface area contributed by atoms with Crippen LogP contribution >= 0.6 is 7.82 Å². The second-order valence-corrected chi connectivity index (χ2v) is 16.4. The molecule has 0 amide bonds. The molecule has 322 valence electrons. The minimum Gasteiger partial charge on any atom is -0.756 e. The number of quaternary nitrogens is 1. The van der Waals surface area contributed by atoms with Crippen LogP contribution in [0.3, 0.4) is 0 Å². The van der Waals surface area contributed by atoms with Crippen molar-refractivity contribution in [2.75, 3.05) is 47.5 Å². The molecule has 0 fully saturated rings. The van der Waals surface area contributed by atoms with E-state index < -0.39 is 44.7 Å². The number of esters is 2. The highest BCUT2D eigenvalue weighted by atomic mass is 31.2. The average molecular weight is 810 g/mol. The van der Waals surface area contributed by atoms with Gasteiger partial charge in [0.1, 0.15) is 19.8 Å². The summed E-state index contributed by atoms with van der Waals surface area (Å²) in [5, 5.41) is 20.0. The number of phosphoric acid groups is 1. The molecule has 0 saturated carbocycles. The molecule has 0 bridgehead atoms. The summed E-state index contributed by atoms with van der Waals surface area (Å²) in [7, 11) is 1.04. The molecule has 0 aromatic heterocycles. The van der Waals surface area contributed by atoms with Gasteiger partial charge in [0, 0.05) is 12.8 Å². The number of ether oxygens (including phenoxy) is 2. The molecule has 0 rings (SSSR count). The Kier molecular flexibility index (Phi) is 33.9. The van der Waals surface area contributed by atoms with Gasteiger partial charge in [-0.05, 0) is 38.5 Å². The van der Waals surface area contributed by atoms with Crippen LogP contribution in [0.4, 0.5) is 0 Å². The van der Waals surface area contributed by atoms with Crippen molar-refractivity contribution in [2.45, 2.75) is 148 Å². The van der Waals surface area contributed by atoms with Gasteiger partial charge in [-0.15, -0.1) is 0 Å². The lowest BCUT2D eigenvalue weighted by molar-refractivity contribution is -0.870. The standard InChI is InChI=1S/C44H76NO10P/c1-6-8-10-11-12-13-14-15-19-22-28-35-44(49)55-42(39-54-56(50,51)53-37-36-45(3,4)5)38-52-43(48)34-29-23-27-33-41(47)32-26-21-18-16-17-20-25-31-40(46)30-24-9-7-2/h9,17-18,20-21,24-27,31-33,40-42,46-47H,6-8,10-16,19,22-23,28-30,34-39H2,1-5H3/b20-17-,21-18-,24-9-,31-25+,32-26+,33-27-/t40-,41-,42-/m1/s1. The van der Waals surface area contributed by atoms with Gasteiger partial charge in [0.05, 0.1) is 40.0 Å². The van der Waals surface area contributed by atoms with Gasteiger partial charge in [-0.2, -0.15) is 0 Å². The molecule has 0 aliphatic rings. The van der Waals surface area contributed by atoms with Crippen molar-refractivity contribution >= 4 is 19.8 Å². The minimum atomic E-state index is -4.67. The van der Waals surface area contributed by atoms with Crippen molar-refractivity contribution in [1.29, 1.82) is 0 Å². The van der Waals surface area contributed by atoms with E-state index >= 15 is 0 Å². The SMILES string of the molecule is CC/C=C\C[C@@H](O)/C=C/C=C\C/C=C\C=C\[C@@H](O)/C=C\CCCC(=O)OC[C@H](COP(=O)([O-])OCC[N+](C)(C)C)OC(=O)CCCCCCCCCCCCC. The molecule has 0 aromatic carbocycles. The number of unbranched alkanes of at least 4 members (excludes halogenated alkanes) is 11. The lowest BCUT2D eigenvalue weighted by atomic mass is 10.1. The molecule has 2 N–H and O–H groups in total. The first kappa shape index (κ1) is 53.4. The molecule has 0 heterocycles. The van der Waals surface area contributed by atoms with E-state index in [0.717, 1.165) is 25.7 Å². The molecule has 0 aromatic rings. The first-order valence-electron chi connectivity index (χ1n) is 20.9. The lowest BCUT2D eigenvalue weighted by Gasteiger charge is -2.28. The predicted molar refractivity (Wildman–Crippen MR) is 225 cm³/mol. The Bertz CT molecular complexity index is 1220. The molecular weight excluding hydrogens is 733 g/mol. The number of allylic oxidation sites excluding steroid dienone is 8. The zero-order chi connectivity index (χ0) is 41.8. The van der Waals surface area contributed by atoms with Gasteiger partial charge in [-0.25, -0.2) is 0 Å². The maximum absolute atomic E-state index is 12.6. The number of carbonyl (C=O) groups excluding carboxylic acids is 2. The molecular formula is C44H76NO10P. The van der Waals surface area contributed by atoms with Gasteiger partial charge < -0.3 is 38.1 Å². The molecule has 0 aliphatic carbocycles. The normalized spacial score (nSPS) is 15.5. The second kappa shape index (κ2) is 35.5. The van der Waals surface area contributed by atoms with E-state index in [1.807, 2.05) is 63.7 Å². The summed E-state index contributed by atoms with van der Waals surface area (Å²) in [5.74, 6) is -1.02. The summed E-state index contributed by atoms with van der Waals surface area (Å²) < 4.78 is 33.6. The summed E-state index contributed by atoms with van der Waals surface area (Å²) in [6.07, 6.45) is 35.8. The van der Waals surface area contributed by atoms with E-state index in [2.05, 4.69) is 13.8 Å². The third-order valence-corrected chi connectivity index (χ3v) is 9.38. The molecule has 1 unspecified atom stereocenters. The summed E-state index contributed by atoms with van der Waals surface area (Å²) in [6, 6.07) is 0. The average Bonchev–Trinajstić information content (AvgIpc) is 3.13. The highest BCUT2D eigenvalue weighted by molar-refractivity contribution is 7.45. The zero-order valence-electron chi connectivity index (χ0n) is 35.3. The molecule has 0 saturated heterocycles. The number of phosphoric ester groups is 1. The Morgan fingerprint density at radius 2 is 1.30 bits per heavy atom. The summed E-state index contributed by atoms with van der Waals surface area (Å²) in [6.45, 7) is 3.77. The van der Waals surface area contributed by atoms with Crippen molar-refractivity contribution in [2.24, 2.45) is 0 Å². The second-order valence-electron chi connectivity index (χ2n) is 15.0. The summed E-state index contributed by atoms with van der Waals surface area (Å²) in [5.41, 5.74) is 0. The molecule has 0 spiro atoms. The monoisotopic (exact) mass is 810 g/mol. The summed E-state index contributed by atoms with van der Waals surface area (Å²) >= 11 is 0. The first-order valence-corrected chi connectivity index (χ1v) is 22.3. The van der Waals surface area contributed by atoms with E-state index in [-0.39, 0.29) is 26.1 Å². The van der Waals surface area contributed by atoms with Gasteiger partial charge in [0.25, 0.3) is 7.82 Å². The Morgan fingerprint density at radius 1 is 0.696 bits per heavy atom. The fraction of sp³-hybridized carbons (Fsp3) is 0.682. The predicted octanol–water partition coefficient (Wildman–Crippen LogP) is 8.77. The third-order valence-electron chi connectivity index (χ3n) is 8.42. The first-order chi connectivity index (χ1) is 26.8. The fourth-order valence-electron chi connectivity index (χ4n) is 5.10. The largest absolute Gasteiger partial charge is 0.756 e. The molecule has 4 atom stereocenters. The molecule has 12 heteroatoms. The quantitative estimate of drug-likeness (QED) is 0.0157. The fourth-order valence-corrected chi connectivity index (χ4v) is 5.83. The Hall–Kier alpha value is -2.63. The number of hydrogen-bond acceptors (Lipinski definition) is 10. The Morgan fingerprint density at radius 3 is 1.93 bits per heavy atom. The van der Waals surface area contributed by atoms with Gasteiger partial charge >= 0.3 is 11.9 Å². The molecule has 56 heavy (non-hydrogen) atoms. The van der Waals surface area contributed by atoms with Crippen molar-refractivity contribution in [3.05, 3.63) is 72.9 Å². The van der Waals surface area contributed by atoms with E-state index in [9.17, 15) is 29.3 Å². The van der Waals surface area contributed by atoms with Crippen LogP contribution in [0.1, 0.15) is 129 Å². The highest BCUT2D eigenvalue weighted by Gasteiger charge is 2.21. The lowest BCUT2D eigenvalue weighted by Crippen LogP contribution is -2.37. The smallest absolute Gasteiger partial charge is 0.306 e. The van der Waals surface area contributed by atoms with Crippen LogP contribution < -0.4 is 4.89 Å². The molecule has 11 nitrogen and oxygen atoms in total. The van der Waals surface area contributed by atoms with Gasteiger partial charge in [-0.1, -0.05) is 151 Å². The van der Waals surface area contributed by atoms with Crippen LogP contribution in [0.5, 0.6) is 0 Å². The van der Waals surface area contributed by atoms with Gasteiger partial charge in [0.15, 0.2) is 6.10 Å². The van der Waals surface area contributed by atoms with E-state index in [4.69, 9.17) is 18.5 Å². The van der Waals surface area contributed by atoms with E-state index in [1.54, 1.807) is 30.4 Å². The molecule has 0 radical (unpaired) electrons. The Balaban J connectivity index is 4.63. The number of rotatable bonds is 36. The highest BCUT2D eigenvalue weighted by Crippen LogP contribution is 2.38. The van der Waals surface area contributed by atoms with Crippen LogP contribution in [0.2, 0.25) is 0 Å². The van der Waals surface area contributed by atoms with Crippen molar-refractivity contribution < 1.29 is 52.3 Å². The van der Waals surface area contributed by atoms with Gasteiger partial charge in [0.2, 0.25) is 0 Å². The maximum Gasteiger partial charge on any atom is 0.306 e. The number of aliphatic hydroxyl groups is 2. The van der Waals surface area contributed by atoms with Crippen LogP contribution in [0, 0.1) is 0 Å².